The summed E-state index contributed by atoms with van der Waals surface area (Å²) >= 11 is 0. The Hall–Kier alpha value is -1.39. The molecule has 0 rings (SSSR count). The first kappa shape index (κ1) is 9.61. The van der Waals surface area contributed by atoms with E-state index in [9.17, 15) is 14.9 Å². The summed E-state index contributed by atoms with van der Waals surface area (Å²) in [7, 11) is 0. The molecule has 0 aromatic heterocycles. The Morgan fingerprint density at radius 2 is 2.27 bits per heavy atom. The van der Waals surface area contributed by atoms with Gasteiger partial charge in [-0.2, -0.15) is 0 Å². The highest BCUT2D eigenvalue weighted by Crippen LogP contribution is 1.97. The van der Waals surface area contributed by atoms with Crippen molar-refractivity contribution >= 4 is 5.97 Å². The molecule has 0 aliphatic heterocycles. The molecular formula is C6H9NO4. The number of allylic oxidation sites excluding steroid dienone is 1. The minimum absolute atomic E-state index is 0.143. The second kappa shape index (κ2) is 4.43. The van der Waals surface area contributed by atoms with Crippen molar-refractivity contribution in [3.8, 4) is 0 Å². The fourth-order valence-corrected chi connectivity index (χ4v) is 0.503. The van der Waals surface area contributed by atoms with Gasteiger partial charge in [-0.1, -0.05) is 0 Å². The second-order valence-electron chi connectivity index (χ2n) is 1.65. The molecule has 11 heavy (non-hydrogen) atoms. The molecule has 0 unspecified atom stereocenters. The van der Waals surface area contributed by atoms with Crippen LogP contribution in [-0.2, 0) is 9.53 Å². The summed E-state index contributed by atoms with van der Waals surface area (Å²) in [6.07, 6.45) is 1.11. The van der Waals surface area contributed by atoms with Gasteiger partial charge in [0.1, 0.15) is 0 Å². The second-order valence-corrected chi connectivity index (χ2v) is 1.65. The Labute approximate surface area is 63.8 Å². The molecule has 0 saturated heterocycles. The number of nitrogens with zero attached hydrogens (tertiary/aromatic N) is 1. The van der Waals surface area contributed by atoms with Crippen molar-refractivity contribution in [1.82, 2.24) is 0 Å². The Balaban J connectivity index is 4.29. The lowest BCUT2D eigenvalue weighted by Crippen LogP contribution is -2.14. The monoisotopic (exact) mass is 159 g/mol. The van der Waals surface area contributed by atoms with Crippen LogP contribution in [0.15, 0.2) is 11.8 Å². The van der Waals surface area contributed by atoms with Crippen LogP contribution >= 0.6 is 0 Å². The van der Waals surface area contributed by atoms with Crippen LogP contribution < -0.4 is 0 Å². The van der Waals surface area contributed by atoms with Gasteiger partial charge in [-0.05, 0) is 19.9 Å². The molecule has 5 nitrogen and oxygen atoms in total. The maximum Gasteiger partial charge on any atom is 0.409 e. The van der Waals surface area contributed by atoms with E-state index >= 15 is 0 Å². The third kappa shape index (κ3) is 2.79. The summed E-state index contributed by atoms with van der Waals surface area (Å²) < 4.78 is 4.41. The molecule has 0 spiro atoms. The van der Waals surface area contributed by atoms with Gasteiger partial charge < -0.3 is 4.74 Å². The summed E-state index contributed by atoms with van der Waals surface area (Å²) in [5.74, 6) is -0.889. The normalized spacial score (nSPS) is 10.9. The van der Waals surface area contributed by atoms with Gasteiger partial charge in [0.2, 0.25) is 0 Å². The Bertz CT molecular complexity index is 197. The molecule has 0 amide bonds. The van der Waals surface area contributed by atoms with Gasteiger partial charge in [-0.3, -0.25) is 10.1 Å². The fourth-order valence-electron chi connectivity index (χ4n) is 0.503. The van der Waals surface area contributed by atoms with E-state index in [0.29, 0.717) is 0 Å². The van der Waals surface area contributed by atoms with Crippen molar-refractivity contribution in [2.75, 3.05) is 6.61 Å². The van der Waals surface area contributed by atoms with E-state index in [4.69, 9.17) is 0 Å². The van der Waals surface area contributed by atoms with Crippen LogP contribution in [0.5, 0.6) is 0 Å². The largest absolute Gasteiger partial charge is 0.458 e. The predicted molar refractivity (Wildman–Crippen MR) is 37.4 cm³/mol. The molecule has 0 aliphatic carbocycles. The number of hydrogen-bond donors (Lipinski definition) is 0. The van der Waals surface area contributed by atoms with Crippen LogP contribution in [-0.4, -0.2) is 17.5 Å². The van der Waals surface area contributed by atoms with E-state index in [2.05, 4.69) is 4.74 Å². The van der Waals surface area contributed by atoms with Crippen molar-refractivity contribution < 1.29 is 14.5 Å². The van der Waals surface area contributed by atoms with Gasteiger partial charge in [0, 0.05) is 0 Å². The summed E-state index contributed by atoms with van der Waals surface area (Å²) in [5, 5.41) is 10.1. The molecule has 0 saturated carbocycles. The first-order valence-electron chi connectivity index (χ1n) is 3.11. The maximum atomic E-state index is 10.7. The lowest BCUT2D eigenvalue weighted by Gasteiger charge is -1.96. The van der Waals surface area contributed by atoms with Crippen LogP contribution in [0.25, 0.3) is 0 Å². The smallest absolute Gasteiger partial charge is 0.409 e. The van der Waals surface area contributed by atoms with Crippen molar-refractivity contribution in [3.63, 3.8) is 0 Å². The van der Waals surface area contributed by atoms with Gasteiger partial charge in [0.15, 0.2) is 0 Å². The number of hydrogen-bond acceptors (Lipinski definition) is 4. The minimum Gasteiger partial charge on any atom is -0.458 e. The molecule has 0 N–H and O–H groups in total. The van der Waals surface area contributed by atoms with E-state index < -0.39 is 16.6 Å². The van der Waals surface area contributed by atoms with Crippen molar-refractivity contribution in [2.45, 2.75) is 13.8 Å². The number of carbonyl (C=O) groups is 1. The van der Waals surface area contributed by atoms with Crippen molar-refractivity contribution in [3.05, 3.63) is 21.9 Å². The number of carbonyl (C=O) groups excluding carboxylic acids is 1. The van der Waals surface area contributed by atoms with Gasteiger partial charge in [-0.25, -0.2) is 4.79 Å². The standard InChI is InChI=1S/C6H9NO4/c1-3-5(7(9)10)6(8)11-4-2/h3H,4H2,1-2H3/b5-3+. The van der Waals surface area contributed by atoms with Gasteiger partial charge in [-0.15, -0.1) is 0 Å². The zero-order chi connectivity index (χ0) is 8.85. The SMILES string of the molecule is C/C=C(\C(=O)OCC)[N+](=O)[O-]. The van der Waals surface area contributed by atoms with E-state index in [1.165, 1.54) is 6.92 Å². The highest BCUT2D eigenvalue weighted by Gasteiger charge is 2.20. The average Bonchev–Trinajstić information content (AvgIpc) is 1.88. The molecule has 0 fully saturated rings. The van der Waals surface area contributed by atoms with Gasteiger partial charge in [0.25, 0.3) is 0 Å². The topological polar surface area (TPSA) is 69.4 Å². The zero-order valence-corrected chi connectivity index (χ0v) is 6.36. The van der Waals surface area contributed by atoms with Crippen LogP contribution in [0.4, 0.5) is 0 Å². The zero-order valence-electron chi connectivity index (χ0n) is 6.36. The third-order valence-electron chi connectivity index (χ3n) is 0.955. The quantitative estimate of drug-likeness (QED) is 0.263. The number of rotatable bonds is 3. The molecule has 0 heterocycles. The number of esters is 1. The average molecular weight is 159 g/mol. The molecular weight excluding hydrogens is 150 g/mol. The van der Waals surface area contributed by atoms with E-state index in [0.717, 1.165) is 6.08 Å². The van der Waals surface area contributed by atoms with Crippen molar-refractivity contribution in [2.24, 2.45) is 0 Å². The Kier molecular flexibility index (Phi) is 3.87. The Morgan fingerprint density at radius 3 is 2.55 bits per heavy atom. The highest BCUT2D eigenvalue weighted by molar-refractivity contribution is 5.85. The van der Waals surface area contributed by atoms with E-state index in [-0.39, 0.29) is 6.61 Å². The predicted octanol–water partition coefficient (Wildman–Crippen LogP) is 0.730. The lowest BCUT2D eigenvalue weighted by molar-refractivity contribution is -0.421. The summed E-state index contributed by atoms with van der Waals surface area (Å²) in [6.45, 7) is 3.14. The first-order chi connectivity index (χ1) is 5.13. The van der Waals surface area contributed by atoms with Gasteiger partial charge in [0.05, 0.1) is 11.5 Å². The van der Waals surface area contributed by atoms with Crippen LogP contribution in [0.3, 0.4) is 0 Å². The molecule has 0 atom stereocenters. The van der Waals surface area contributed by atoms with Crippen LogP contribution in [0.1, 0.15) is 13.8 Å². The molecule has 0 aromatic carbocycles. The fraction of sp³-hybridized carbons (Fsp3) is 0.500. The van der Waals surface area contributed by atoms with E-state index in [1.807, 2.05) is 0 Å². The molecule has 0 bridgehead atoms. The van der Waals surface area contributed by atoms with Crippen LogP contribution in [0, 0.1) is 10.1 Å². The third-order valence-corrected chi connectivity index (χ3v) is 0.955. The molecule has 0 radical (unpaired) electrons. The maximum absolute atomic E-state index is 10.7. The molecule has 5 heteroatoms. The van der Waals surface area contributed by atoms with E-state index in [1.54, 1.807) is 6.92 Å². The molecule has 0 aliphatic rings. The summed E-state index contributed by atoms with van der Waals surface area (Å²) in [5.41, 5.74) is -0.521. The molecule has 0 aromatic rings. The summed E-state index contributed by atoms with van der Waals surface area (Å²) in [6, 6.07) is 0. The first-order valence-corrected chi connectivity index (χ1v) is 3.11. The highest BCUT2D eigenvalue weighted by atomic mass is 16.6. The summed E-state index contributed by atoms with van der Waals surface area (Å²) in [4.78, 5) is 20.0. The molecule has 62 valence electrons. The lowest BCUT2D eigenvalue weighted by atomic mass is 10.4. The number of nitro groups is 1. The van der Waals surface area contributed by atoms with Crippen molar-refractivity contribution in [1.29, 1.82) is 0 Å². The minimum atomic E-state index is -0.889. The number of ether oxygens (including phenoxy) is 1. The van der Waals surface area contributed by atoms with Gasteiger partial charge >= 0.3 is 11.7 Å². The van der Waals surface area contributed by atoms with Crippen LogP contribution in [0.2, 0.25) is 0 Å². The Morgan fingerprint density at radius 1 is 1.73 bits per heavy atom.